The molecule has 1 saturated heterocycles. The smallest absolute Gasteiger partial charge is 0.399 e. The molecule has 3 N–H and O–H groups in total. The second-order valence-corrected chi connectivity index (χ2v) is 9.72. The summed E-state index contributed by atoms with van der Waals surface area (Å²) in [6.07, 6.45) is 2.54. The second-order valence-electron chi connectivity index (χ2n) is 9.72. The summed E-state index contributed by atoms with van der Waals surface area (Å²) in [6.45, 7) is 9.80. The zero-order valence-corrected chi connectivity index (χ0v) is 21.0. The molecule has 2 aromatic carbocycles. The molecule has 9 nitrogen and oxygen atoms in total. The number of quaternary nitrogens is 1. The van der Waals surface area contributed by atoms with Gasteiger partial charge in [-0.05, 0) is 100 Å². The molecule has 0 saturated carbocycles. The van der Waals surface area contributed by atoms with Gasteiger partial charge in [0.25, 0.3) is 0 Å². The number of aliphatic imine (C=N–C) groups is 1. The van der Waals surface area contributed by atoms with Gasteiger partial charge in [-0.25, -0.2) is 4.79 Å². The van der Waals surface area contributed by atoms with E-state index in [2.05, 4.69) is 20.4 Å². The van der Waals surface area contributed by atoms with E-state index in [1.807, 2.05) is 45.0 Å². The lowest BCUT2D eigenvalue weighted by Gasteiger charge is -2.23. The minimum Gasteiger partial charge on any atom is -0.492 e. The van der Waals surface area contributed by atoms with Crippen molar-refractivity contribution in [2.45, 2.75) is 39.2 Å². The molecule has 1 fully saturated rings. The van der Waals surface area contributed by atoms with Crippen LogP contribution in [-0.2, 0) is 0 Å². The van der Waals surface area contributed by atoms with Crippen LogP contribution in [-0.4, -0.2) is 66.2 Å². The molecule has 1 amide bonds. The van der Waals surface area contributed by atoms with Crippen LogP contribution < -0.4 is 20.6 Å². The van der Waals surface area contributed by atoms with E-state index in [4.69, 9.17) is 15.2 Å². The number of nitrogens with two attached hydrogens (primary N) is 1. The molecule has 2 aromatic rings. The Balaban J connectivity index is 1.46. The summed E-state index contributed by atoms with van der Waals surface area (Å²) < 4.78 is 11.1. The SMILES string of the molecule is CN[N+]1(C(=O)c2ccc(OC(C)(C)C)cc2)N=C(c2ccc(OCCN3CCCC3)cc2)N=C1N. The number of carbonyl (C=O) groups is 1. The summed E-state index contributed by atoms with van der Waals surface area (Å²) in [5, 5.41) is 4.58. The normalized spacial score (nSPS) is 20.5. The van der Waals surface area contributed by atoms with Gasteiger partial charge in [0, 0.05) is 23.9 Å². The Morgan fingerprint density at radius 2 is 1.69 bits per heavy atom. The van der Waals surface area contributed by atoms with E-state index in [0.29, 0.717) is 23.8 Å². The molecule has 0 aliphatic carbocycles. The first-order valence-electron chi connectivity index (χ1n) is 12.0. The van der Waals surface area contributed by atoms with Gasteiger partial charge in [0.15, 0.2) is 0 Å². The number of carbonyl (C=O) groups excluding carboxylic acids is 1. The van der Waals surface area contributed by atoms with Gasteiger partial charge >= 0.3 is 11.9 Å². The number of amides is 1. The number of ether oxygens (including phenoxy) is 2. The van der Waals surface area contributed by atoms with Gasteiger partial charge in [0.05, 0.1) is 5.56 Å². The van der Waals surface area contributed by atoms with Crippen molar-refractivity contribution in [1.82, 2.24) is 10.3 Å². The highest BCUT2D eigenvalue weighted by molar-refractivity contribution is 6.10. The first-order chi connectivity index (χ1) is 16.7. The highest BCUT2D eigenvalue weighted by Crippen LogP contribution is 2.24. The number of rotatable bonds is 8. The van der Waals surface area contributed by atoms with Crippen LogP contribution in [0.15, 0.2) is 58.6 Å². The van der Waals surface area contributed by atoms with E-state index in [-0.39, 0.29) is 17.5 Å². The summed E-state index contributed by atoms with van der Waals surface area (Å²) in [6, 6.07) is 14.5. The van der Waals surface area contributed by atoms with E-state index >= 15 is 0 Å². The number of benzene rings is 2. The number of amidine groups is 1. The Kier molecular flexibility index (Phi) is 7.20. The molecule has 9 heteroatoms. The van der Waals surface area contributed by atoms with Crippen LogP contribution >= 0.6 is 0 Å². The molecule has 1 atom stereocenters. The Morgan fingerprint density at radius 3 is 2.29 bits per heavy atom. The van der Waals surface area contributed by atoms with Crippen LogP contribution in [0, 0.1) is 0 Å². The van der Waals surface area contributed by atoms with Crippen LogP contribution in [0.25, 0.3) is 0 Å². The minimum absolute atomic E-state index is 0.0495. The molecule has 0 aromatic heterocycles. The molecule has 0 spiro atoms. The predicted octanol–water partition coefficient (Wildman–Crippen LogP) is 3.12. The Hall–Kier alpha value is -3.27. The summed E-state index contributed by atoms with van der Waals surface area (Å²) in [7, 11) is 1.63. The van der Waals surface area contributed by atoms with E-state index in [9.17, 15) is 4.79 Å². The molecular weight excluding hydrogens is 444 g/mol. The van der Waals surface area contributed by atoms with Gasteiger partial charge in [-0.2, -0.15) is 0 Å². The third-order valence-corrected chi connectivity index (χ3v) is 5.93. The second kappa shape index (κ2) is 10.2. The van der Waals surface area contributed by atoms with Crippen LogP contribution in [0.1, 0.15) is 49.5 Å². The summed E-state index contributed by atoms with van der Waals surface area (Å²) >= 11 is 0. The van der Waals surface area contributed by atoms with Crippen molar-refractivity contribution < 1.29 is 19.0 Å². The maximum atomic E-state index is 13.4. The van der Waals surface area contributed by atoms with E-state index in [0.717, 1.165) is 30.9 Å². The molecule has 1 unspecified atom stereocenters. The summed E-state index contributed by atoms with van der Waals surface area (Å²) in [5.41, 5.74) is 10.0. The summed E-state index contributed by atoms with van der Waals surface area (Å²) in [4.78, 5) is 20.3. The molecule has 0 radical (unpaired) electrons. The fraction of sp³-hybridized carbons (Fsp3) is 0.423. The van der Waals surface area contributed by atoms with Crippen molar-refractivity contribution in [3.05, 3.63) is 59.7 Å². The molecule has 2 aliphatic heterocycles. The highest BCUT2D eigenvalue weighted by atomic mass is 16.5. The molecule has 4 rings (SSSR count). The average Bonchev–Trinajstić information content (AvgIpc) is 3.47. The van der Waals surface area contributed by atoms with Crippen LogP contribution in [0.3, 0.4) is 0 Å². The lowest BCUT2D eigenvalue weighted by Crippen LogP contribution is -2.61. The zero-order valence-electron chi connectivity index (χ0n) is 21.0. The quantitative estimate of drug-likeness (QED) is 0.564. The van der Waals surface area contributed by atoms with Crippen molar-refractivity contribution in [2.24, 2.45) is 15.8 Å². The van der Waals surface area contributed by atoms with Gasteiger partial charge in [-0.1, -0.05) is 0 Å². The van der Waals surface area contributed by atoms with Gasteiger partial charge in [-0.3, -0.25) is 4.90 Å². The van der Waals surface area contributed by atoms with Gasteiger partial charge in [0.1, 0.15) is 23.7 Å². The van der Waals surface area contributed by atoms with E-state index in [1.54, 1.807) is 31.3 Å². The standard InChI is InChI=1S/C26H35N6O3/c1-26(2,3)35-22-13-9-20(10-14-22)24(33)32(28-4)25(27)29-23(30-32)19-7-11-21(12-8-19)34-18-17-31-15-5-6-16-31/h7-14,28H,5-6,15-18H2,1-4H3,(H2,27,29,30)/q+1. The van der Waals surface area contributed by atoms with E-state index < -0.39 is 4.70 Å². The van der Waals surface area contributed by atoms with Gasteiger partial charge in [0.2, 0.25) is 5.84 Å². The average molecular weight is 480 g/mol. The first-order valence-corrected chi connectivity index (χ1v) is 12.0. The Morgan fingerprint density at radius 1 is 1.06 bits per heavy atom. The Bertz CT molecular complexity index is 1100. The van der Waals surface area contributed by atoms with Crippen LogP contribution in [0.2, 0.25) is 0 Å². The monoisotopic (exact) mass is 479 g/mol. The largest absolute Gasteiger partial charge is 0.492 e. The maximum absolute atomic E-state index is 13.4. The maximum Gasteiger partial charge on any atom is 0.399 e. The lowest BCUT2D eigenvalue weighted by atomic mass is 10.1. The molecule has 35 heavy (non-hydrogen) atoms. The minimum atomic E-state index is -0.636. The fourth-order valence-electron chi connectivity index (χ4n) is 4.14. The number of guanidine groups is 1. The fourth-order valence-corrected chi connectivity index (χ4v) is 4.14. The van der Waals surface area contributed by atoms with Crippen molar-refractivity contribution in [1.29, 1.82) is 0 Å². The number of likely N-dealkylation sites (tertiary alicyclic amines) is 1. The number of hydrogen-bond donors (Lipinski definition) is 2. The third-order valence-electron chi connectivity index (χ3n) is 5.93. The van der Waals surface area contributed by atoms with E-state index in [1.165, 1.54) is 12.8 Å². The van der Waals surface area contributed by atoms with Crippen LogP contribution in [0.4, 0.5) is 0 Å². The Labute approximate surface area is 206 Å². The molecule has 0 bridgehead atoms. The molecule has 2 heterocycles. The topological polar surface area (TPSA) is 102 Å². The zero-order chi connectivity index (χ0) is 25.1. The lowest BCUT2D eigenvalue weighted by molar-refractivity contribution is -0.808. The van der Waals surface area contributed by atoms with Crippen molar-refractivity contribution >= 4 is 17.7 Å². The van der Waals surface area contributed by atoms with Crippen molar-refractivity contribution in [2.75, 3.05) is 33.3 Å². The number of nitrogens with zero attached hydrogens (tertiary/aromatic N) is 4. The van der Waals surface area contributed by atoms with Gasteiger partial charge in [-0.15, -0.1) is 10.4 Å². The molecular formula is C26H35N6O3+. The third kappa shape index (κ3) is 5.70. The van der Waals surface area contributed by atoms with Gasteiger partial charge < -0.3 is 15.2 Å². The van der Waals surface area contributed by atoms with Crippen LogP contribution in [0.5, 0.6) is 11.5 Å². The first kappa shape index (κ1) is 24.8. The predicted molar refractivity (Wildman–Crippen MR) is 136 cm³/mol. The molecule has 186 valence electrons. The number of hydrogen-bond acceptors (Lipinski definition) is 8. The highest BCUT2D eigenvalue weighted by Gasteiger charge is 2.48. The number of nitrogens with one attached hydrogen (secondary N) is 1. The molecule has 2 aliphatic rings. The van der Waals surface area contributed by atoms with Crippen molar-refractivity contribution in [3.8, 4) is 11.5 Å². The summed E-state index contributed by atoms with van der Waals surface area (Å²) in [5.74, 6) is 1.55. The van der Waals surface area contributed by atoms with Crippen molar-refractivity contribution in [3.63, 3.8) is 0 Å².